The zero-order chi connectivity index (χ0) is 17.2. The summed E-state index contributed by atoms with van der Waals surface area (Å²) in [6.45, 7) is 3.36. The van der Waals surface area contributed by atoms with Crippen LogP contribution in [-0.4, -0.2) is 43.4 Å². The highest BCUT2D eigenvalue weighted by Crippen LogP contribution is 2.24. The van der Waals surface area contributed by atoms with Gasteiger partial charge < -0.3 is 9.32 Å². The third-order valence-electron chi connectivity index (χ3n) is 4.65. The van der Waals surface area contributed by atoms with Crippen LogP contribution in [0.15, 0.2) is 41.1 Å². The monoisotopic (exact) mass is 339 g/mol. The van der Waals surface area contributed by atoms with Crippen LogP contribution in [0.3, 0.4) is 0 Å². The van der Waals surface area contributed by atoms with Gasteiger partial charge in [0.1, 0.15) is 11.5 Å². The predicted molar refractivity (Wildman–Crippen MR) is 91.9 cm³/mol. The molecular formula is C18H21N5O2. The molecule has 1 amide bonds. The van der Waals surface area contributed by atoms with Crippen LogP contribution < -0.4 is 0 Å². The number of aromatic nitrogens is 4. The average molecular weight is 339 g/mol. The molecule has 3 aromatic heterocycles. The number of nitrogens with one attached hydrogen (secondary N) is 1. The predicted octanol–water partition coefficient (Wildman–Crippen LogP) is 2.87. The summed E-state index contributed by atoms with van der Waals surface area (Å²) >= 11 is 0. The lowest BCUT2D eigenvalue weighted by atomic mass is 10.0. The van der Waals surface area contributed by atoms with Crippen molar-refractivity contribution in [2.24, 2.45) is 0 Å². The molecule has 1 N–H and O–H groups in total. The van der Waals surface area contributed by atoms with Crippen LogP contribution in [0.1, 0.15) is 35.5 Å². The first-order valence-corrected chi connectivity index (χ1v) is 8.61. The molecule has 0 aromatic carbocycles. The first kappa shape index (κ1) is 15.7. The van der Waals surface area contributed by atoms with E-state index in [4.69, 9.17) is 4.42 Å². The number of amides is 1. The zero-order valence-corrected chi connectivity index (χ0v) is 14.2. The highest BCUT2D eigenvalue weighted by molar-refractivity contribution is 5.93. The van der Waals surface area contributed by atoms with E-state index in [0.29, 0.717) is 18.0 Å². The van der Waals surface area contributed by atoms with E-state index in [9.17, 15) is 4.79 Å². The Morgan fingerprint density at radius 2 is 2.32 bits per heavy atom. The Morgan fingerprint density at radius 1 is 1.40 bits per heavy atom. The lowest BCUT2D eigenvalue weighted by molar-refractivity contribution is 0.0578. The van der Waals surface area contributed by atoms with Gasteiger partial charge in [-0.3, -0.25) is 14.6 Å². The second-order valence-electron chi connectivity index (χ2n) is 6.45. The Labute approximate surface area is 145 Å². The van der Waals surface area contributed by atoms with Gasteiger partial charge in [0.2, 0.25) is 0 Å². The van der Waals surface area contributed by atoms with Crippen molar-refractivity contribution in [1.29, 1.82) is 0 Å². The summed E-state index contributed by atoms with van der Waals surface area (Å²) in [5, 5.41) is 11.4. The second kappa shape index (κ2) is 6.58. The van der Waals surface area contributed by atoms with Gasteiger partial charge in [-0.25, -0.2) is 0 Å². The second-order valence-corrected chi connectivity index (χ2v) is 6.45. The van der Waals surface area contributed by atoms with Crippen molar-refractivity contribution >= 4 is 5.91 Å². The number of hydrogen-bond acceptors (Lipinski definition) is 4. The van der Waals surface area contributed by atoms with Gasteiger partial charge in [-0.2, -0.15) is 10.2 Å². The summed E-state index contributed by atoms with van der Waals surface area (Å²) in [5.41, 5.74) is 1.15. The maximum atomic E-state index is 13.0. The number of nitrogens with zero attached hydrogens (tertiary/aromatic N) is 4. The van der Waals surface area contributed by atoms with E-state index in [1.807, 2.05) is 40.9 Å². The van der Waals surface area contributed by atoms with Crippen molar-refractivity contribution in [2.75, 3.05) is 6.54 Å². The molecule has 4 heterocycles. The molecular weight excluding hydrogens is 318 g/mol. The number of aryl methyl sites for hydroxylation is 1. The first-order chi connectivity index (χ1) is 12.2. The molecule has 25 heavy (non-hydrogen) atoms. The molecule has 0 spiro atoms. The number of rotatable bonds is 4. The minimum absolute atomic E-state index is 0.0392. The standard InChI is InChI=1S/C18H21N5O2/c1-13-6-7-17(25-13)15-11-16(21-20-15)18(24)23-10-3-2-5-14(23)12-22-9-4-8-19-22/h4,6-9,11,14H,2-3,5,10,12H2,1H3,(H,20,21)/t14-/m1/s1. The molecule has 0 bridgehead atoms. The van der Waals surface area contributed by atoms with E-state index in [0.717, 1.165) is 37.3 Å². The molecule has 3 aromatic rings. The number of aromatic amines is 1. The van der Waals surface area contributed by atoms with Crippen LogP contribution >= 0.6 is 0 Å². The van der Waals surface area contributed by atoms with Crippen molar-refractivity contribution in [2.45, 2.75) is 38.8 Å². The Bertz CT molecular complexity index is 849. The van der Waals surface area contributed by atoms with Gasteiger partial charge in [0.15, 0.2) is 11.5 Å². The van der Waals surface area contributed by atoms with Crippen LogP contribution in [0.4, 0.5) is 0 Å². The van der Waals surface area contributed by atoms with Crippen LogP contribution in [0.25, 0.3) is 11.5 Å². The average Bonchev–Trinajstić information content (AvgIpc) is 3.36. The Kier molecular flexibility index (Phi) is 4.13. The largest absolute Gasteiger partial charge is 0.460 e. The normalized spacial score (nSPS) is 17.8. The van der Waals surface area contributed by atoms with Crippen molar-refractivity contribution in [3.63, 3.8) is 0 Å². The van der Waals surface area contributed by atoms with E-state index in [-0.39, 0.29) is 11.9 Å². The summed E-state index contributed by atoms with van der Waals surface area (Å²) in [7, 11) is 0. The van der Waals surface area contributed by atoms with Gasteiger partial charge in [-0.1, -0.05) is 0 Å². The minimum Gasteiger partial charge on any atom is -0.460 e. The molecule has 7 nitrogen and oxygen atoms in total. The molecule has 1 aliphatic rings. The third kappa shape index (κ3) is 3.22. The molecule has 0 saturated carbocycles. The summed E-state index contributed by atoms with van der Waals surface area (Å²) in [6.07, 6.45) is 6.84. The molecule has 1 atom stereocenters. The van der Waals surface area contributed by atoms with Crippen LogP contribution in [0, 0.1) is 6.92 Å². The molecule has 4 rings (SSSR count). The summed E-state index contributed by atoms with van der Waals surface area (Å²) in [4.78, 5) is 14.9. The SMILES string of the molecule is Cc1ccc(-c2cc(C(=O)N3CCCC[C@@H]3Cn3cccn3)n[nH]2)o1. The zero-order valence-electron chi connectivity index (χ0n) is 14.2. The van der Waals surface area contributed by atoms with Gasteiger partial charge in [0, 0.05) is 25.0 Å². The Balaban J connectivity index is 1.53. The van der Waals surface area contributed by atoms with E-state index >= 15 is 0 Å². The fourth-order valence-corrected chi connectivity index (χ4v) is 3.37. The molecule has 1 saturated heterocycles. The third-order valence-corrected chi connectivity index (χ3v) is 4.65. The van der Waals surface area contributed by atoms with Gasteiger partial charge in [-0.05, 0) is 44.4 Å². The van der Waals surface area contributed by atoms with E-state index in [1.54, 1.807) is 12.3 Å². The van der Waals surface area contributed by atoms with Crippen LogP contribution in [0.5, 0.6) is 0 Å². The van der Waals surface area contributed by atoms with Crippen molar-refractivity contribution < 1.29 is 9.21 Å². The maximum Gasteiger partial charge on any atom is 0.274 e. The summed E-state index contributed by atoms with van der Waals surface area (Å²) < 4.78 is 7.48. The minimum atomic E-state index is -0.0392. The smallest absolute Gasteiger partial charge is 0.274 e. The molecule has 0 aliphatic carbocycles. The number of likely N-dealkylation sites (tertiary alicyclic amines) is 1. The Morgan fingerprint density at radius 3 is 3.08 bits per heavy atom. The van der Waals surface area contributed by atoms with E-state index in [2.05, 4.69) is 15.3 Å². The highest BCUT2D eigenvalue weighted by atomic mass is 16.3. The number of carbonyl (C=O) groups excluding carboxylic acids is 1. The quantitative estimate of drug-likeness (QED) is 0.792. The van der Waals surface area contributed by atoms with Crippen molar-refractivity contribution in [1.82, 2.24) is 24.9 Å². The number of hydrogen-bond donors (Lipinski definition) is 1. The van der Waals surface area contributed by atoms with Crippen molar-refractivity contribution in [3.05, 3.63) is 48.1 Å². The van der Waals surface area contributed by atoms with Gasteiger partial charge >= 0.3 is 0 Å². The molecule has 0 unspecified atom stereocenters. The maximum absolute atomic E-state index is 13.0. The van der Waals surface area contributed by atoms with Crippen LogP contribution in [-0.2, 0) is 6.54 Å². The first-order valence-electron chi connectivity index (χ1n) is 8.61. The highest BCUT2D eigenvalue weighted by Gasteiger charge is 2.29. The number of furan rings is 1. The molecule has 130 valence electrons. The summed E-state index contributed by atoms with van der Waals surface area (Å²) in [5.74, 6) is 1.48. The topological polar surface area (TPSA) is 80.0 Å². The number of H-pyrrole nitrogens is 1. The molecule has 7 heteroatoms. The lowest BCUT2D eigenvalue weighted by Gasteiger charge is -2.35. The number of carbonyl (C=O) groups is 1. The molecule has 1 aliphatic heterocycles. The van der Waals surface area contributed by atoms with Gasteiger partial charge in [0.25, 0.3) is 5.91 Å². The van der Waals surface area contributed by atoms with Crippen molar-refractivity contribution in [3.8, 4) is 11.5 Å². The van der Waals surface area contributed by atoms with E-state index < -0.39 is 0 Å². The van der Waals surface area contributed by atoms with E-state index in [1.165, 1.54) is 0 Å². The Hall–Kier alpha value is -2.83. The fraction of sp³-hybridized carbons (Fsp3) is 0.389. The van der Waals surface area contributed by atoms with Gasteiger partial charge in [-0.15, -0.1) is 0 Å². The molecule has 0 radical (unpaired) electrons. The number of piperidine rings is 1. The fourth-order valence-electron chi connectivity index (χ4n) is 3.37. The van der Waals surface area contributed by atoms with Crippen LogP contribution in [0.2, 0.25) is 0 Å². The summed E-state index contributed by atoms with van der Waals surface area (Å²) in [6, 6.07) is 7.58. The lowest BCUT2D eigenvalue weighted by Crippen LogP contribution is -2.46. The molecule has 1 fully saturated rings. The van der Waals surface area contributed by atoms with Gasteiger partial charge in [0.05, 0.1) is 12.6 Å².